The molecule has 2 atom stereocenters. The molecule has 0 heterocycles. The van der Waals surface area contributed by atoms with Crippen molar-refractivity contribution in [3.05, 3.63) is 127 Å². The lowest BCUT2D eigenvalue weighted by Gasteiger charge is -2.22. The number of carboxylic acid groups (broad SMARTS) is 4. The van der Waals surface area contributed by atoms with Crippen molar-refractivity contribution in [3.63, 3.8) is 0 Å². The van der Waals surface area contributed by atoms with Gasteiger partial charge in [0.2, 0.25) is 0 Å². The number of esters is 2. The van der Waals surface area contributed by atoms with E-state index in [0.29, 0.717) is 34.2 Å². The number of carbonyl (C=O) groups is 14. The van der Waals surface area contributed by atoms with Gasteiger partial charge in [-0.1, -0.05) is 0 Å². The van der Waals surface area contributed by atoms with Crippen LogP contribution in [-0.2, 0) is 28.7 Å². The highest BCUT2D eigenvalue weighted by atomic mass is 127. The maximum atomic E-state index is 13.0. The number of nitrogen functional groups attached to an aromatic ring is 2. The summed E-state index contributed by atoms with van der Waals surface area (Å²) in [5.41, 5.74) is 11.3. The summed E-state index contributed by atoms with van der Waals surface area (Å²) in [4.78, 5) is 172. The van der Waals surface area contributed by atoms with Crippen molar-refractivity contribution in [1.29, 1.82) is 0 Å². The Morgan fingerprint density at radius 3 is 0.887 bits per heavy atom. The molecule has 0 unspecified atom stereocenters. The number of amides is 4. The van der Waals surface area contributed by atoms with Crippen LogP contribution in [0, 0.1) is 53.0 Å². The summed E-state index contributed by atoms with van der Waals surface area (Å²) in [7, 11) is 0. The zero-order valence-electron chi connectivity index (χ0n) is 52.4. The third-order valence-electron chi connectivity index (χ3n) is 12.1. The number of nitrogens with one attached hydrogen (secondary N) is 4. The van der Waals surface area contributed by atoms with Crippen LogP contribution in [-0.4, -0.2) is 177 Å². The quantitative estimate of drug-likeness (QED) is 0.00721. The fourth-order valence-corrected chi connectivity index (χ4v) is 26.3. The van der Waals surface area contributed by atoms with Crippen LogP contribution in [0.2, 0.25) is 0 Å². The molecule has 578 valence electrons. The summed E-state index contributed by atoms with van der Waals surface area (Å²) in [6, 6.07) is 0.526. The number of ether oxygens (including phenoxy) is 2. The van der Waals surface area contributed by atoms with E-state index in [4.69, 9.17) is 87.8 Å². The van der Waals surface area contributed by atoms with Crippen LogP contribution < -0.4 is 32.7 Å². The first-order valence-corrected chi connectivity index (χ1v) is 41.2. The lowest BCUT2D eigenvalue weighted by Crippen LogP contribution is -2.42. The number of carboxylic acids is 4. The highest BCUT2D eigenvalue weighted by molar-refractivity contribution is 14.1. The number of non-ortho nitro benzene ring substituents is 1. The van der Waals surface area contributed by atoms with Crippen molar-refractivity contribution < 1.29 is 122 Å². The predicted octanol–water partition coefficient (Wildman–Crippen LogP) is 11.6. The van der Waals surface area contributed by atoms with Gasteiger partial charge >= 0.3 is 35.8 Å². The van der Waals surface area contributed by atoms with E-state index in [1.807, 2.05) is 158 Å². The predicted molar refractivity (Wildman–Crippen MR) is 495 cm³/mol. The highest BCUT2D eigenvalue weighted by Crippen LogP contribution is 2.40. The second-order valence-electron chi connectivity index (χ2n) is 19.2. The number of rotatable bonds is 23. The molecule has 5 aromatic rings. The van der Waals surface area contributed by atoms with Gasteiger partial charge in [0.15, 0.2) is 12.2 Å². The van der Waals surface area contributed by atoms with E-state index >= 15 is 0 Å². The van der Waals surface area contributed by atoms with Gasteiger partial charge < -0.3 is 83.1 Å². The SMILES string of the molecule is CC(=O)O[C@@H](C)C(=O)Nc1c(I)c(C(=O)Cl)c(I)c(C(=O)Cl)c1I.CC(=O)O[C@@H](C)C(=O)Nc1c(I)c(C(=O)NC(CO)CO)c(I)c(C(=O)NC(CO)CO)c1I.I.Nc1c(I)c(C(=O)Cl)c(I)c(C(=O)Cl)c1I.Nc1c(I)c(C(=O)O)c(I)c(C(=O)O)c1I.O=C(O)c1cc(C(=O)O)cc([N+](=O)[O-])c1. The summed E-state index contributed by atoms with van der Waals surface area (Å²) in [6.07, 6.45) is -2.22. The molecule has 4 amide bonds. The third-order valence-corrected chi connectivity index (χ3v) is 26.0. The zero-order chi connectivity index (χ0) is 81.8. The molecule has 50 heteroatoms. The standard InChI is InChI=1S/C19H24I3N3O9.C13H8Cl2I3NO5.C8H2Cl2I3NO2.C8H4I3NO4.C8H5NO6.HI/c1-7(34-8(2)30)17(31)25-16-14(21)11(18(32)23-9(3-26)4-27)13(20)12(15(16)22)19(33)24-10(5-28)6-29;1-3(24-4(2)20)13(23)19-10-8(17)5(11(14)21)7(16)6(9(10)18)12(15)22;9-7(15)1-3(11)2(8(10)16)5(13)6(14)4(1)12;9-3-1(7(13)14)4(10)6(12)5(11)2(3)8(15)16;10-7(11)4-1-5(8(12)13)3-6(2-4)9(14)15;/h7,9-10,26-29H,3-6H2,1-2H3,(H,23,32)(H,24,33)(H,25,31);3H,1-2H3,(H,19,23);14H2;12H2,(H,13,14)(H,15,16);1-3H,(H,10,11)(H,12,13);1H/t7-;3-;;;;/m00..../s1. The molecule has 0 spiro atoms. The van der Waals surface area contributed by atoms with Gasteiger partial charge in [-0.3, -0.25) is 58.1 Å². The van der Waals surface area contributed by atoms with Crippen molar-refractivity contribution in [2.45, 2.75) is 52.0 Å². The largest absolute Gasteiger partial charge is 0.478 e. The smallest absolute Gasteiger partial charge is 0.337 e. The summed E-state index contributed by atoms with van der Waals surface area (Å²) in [6.45, 7) is 2.92. The molecule has 0 bridgehead atoms. The molecule has 0 fully saturated rings. The van der Waals surface area contributed by atoms with Crippen LogP contribution >= 0.6 is 341 Å². The minimum atomic E-state index is -1.42. The van der Waals surface area contributed by atoms with E-state index in [2.05, 4.69) is 21.3 Å². The number of nitrogens with zero attached hydrogens (tertiary/aromatic N) is 1. The van der Waals surface area contributed by atoms with E-state index in [9.17, 15) is 97.7 Å². The van der Waals surface area contributed by atoms with E-state index in [1.54, 1.807) is 113 Å². The number of aliphatic hydroxyl groups excluding tert-OH is 4. The molecule has 0 aliphatic carbocycles. The first-order chi connectivity index (χ1) is 48.4. The topological polar surface area (TPSA) is 563 Å². The molecule has 0 aromatic heterocycles. The van der Waals surface area contributed by atoms with Crippen LogP contribution in [0.1, 0.15) is 131 Å². The van der Waals surface area contributed by atoms with E-state index in [-0.39, 0.29) is 99.8 Å². The summed E-state index contributed by atoms with van der Waals surface area (Å²) >= 11 is 44.0. The third kappa shape index (κ3) is 29.4. The van der Waals surface area contributed by atoms with Crippen LogP contribution in [0.3, 0.4) is 0 Å². The Morgan fingerprint density at radius 2 is 0.660 bits per heavy atom. The molecule has 0 saturated heterocycles. The fourth-order valence-electron chi connectivity index (χ4n) is 7.21. The molecule has 33 nitrogen and oxygen atoms in total. The van der Waals surface area contributed by atoms with Gasteiger partial charge in [-0.05, 0) is 337 Å². The van der Waals surface area contributed by atoms with Gasteiger partial charge in [-0.25, -0.2) is 19.2 Å². The number of nitro benzene ring substituents is 1. The van der Waals surface area contributed by atoms with Gasteiger partial charge in [0, 0.05) is 40.3 Å². The Balaban J connectivity index is 0.00000135. The first-order valence-electron chi connectivity index (χ1n) is 26.8. The second-order valence-corrected chi connectivity index (χ2v) is 33.6. The van der Waals surface area contributed by atoms with Crippen LogP contribution in [0.25, 0.3) is 0 Å². The zero-order valence-corrected chi connectivity index (χ0v) is 83.6. The normalized spacial score (nSPS) is 10.9. The number of hydrogen-bond acceptors (Lipinski definition) is 24. The Morgan fingerprint density at radius 1 is 0.425 bits per heavy atom. The molecular formula is C56H44Cl4I13N7O26. The molecule has 16 N–H and O–H groups in total. The molecule has 0 aliphatic heterocycles. The number of carbonyl (C=O) groups excluding carboxylic acids is 10. The number of nitro groups is 1. The van der Waals surface area contributed by atoms with Crippen LogP contribution in [0.4, 0.5) is 28.4 Å². The van der Waals surface area contributed by atoms with Crippen molar-refractivity contribution in [2.24, 2.45) is 0 Å². The van der Waals surface area contributed by atoms with E-state index < -0.39 is 153 Å². The highest BCUT2D eigenvalue weighted by Gasteiger charge is 2.34. The maximum absolute atomic E-state index is 13.0. The van der Waals surface area contributed by atoms with E-state index in [1.165, 1.54) is 20.8 Å². The number of aromatic carboxylic acids is 4. The molecule has 5 rings (SSSR count). The van der Waals surface area contributed by atoms with Crippen molar-refractivity contribution in [2.75, 3.05) is 48.5 Å². The maximum Gasteiger partial charge on any atom is 0.337 e. The molecular weight excluding hydrogens is 2980 g/mol. The van der Waals surface area contributed by atoms with Gasteiger partial charge in [-0.2, -0.15) is 0 Å². The number of aliphatic hydroxyl groups is 4. The van der Waals surface area contributed by atoms with Crippen LogP contribution in [0.15, 0.2) is 18.2 Å². The molecule has 0 radical (unpaired) electrons. The Bertz CT molecular complexity index is 4060. The van der Waals surface area contributed by atoms with Crippen molar-refractivity contribution >= 4 is 450 Å². The average Bonchev–Trinajstić information content (AvgIpc) is 0.914. The number of hydrogen-bond donors (Lipinski definition) is 14. The van der Waals surface area contributed by atoms with Crippen molar-refractivity contribution in [1.82, 2.24) is 10.6 Å². The molecule has 106 heavy (non-hydrogen) atoms. The minimum absolute atomic E-state index is 0. The molecule has 5 aromatic carbocycles. The lowest BCUT2D eigenvalue weighted by molar-refractivity contribution is -0.384. The Hall–Kier alpha value is -1.03. The van der Waals surface area contributed by atoms with Gasteiger partial charge in [-0.15, -0.1) is 24.0 Å². The van der Waals surface area contributed by atoms with E-state index in [0.717, 1.165) is 25.1 Å². The van der Waals surface area contributed by atoms with Gasteiger partial charge in [0.05, 0.1) is 150 Å². The van der Waals surface area contributed by atoms with Gasteiger partial charge in [0.1, 0.15) is 0 Å². The number of halogens is 17. The number of nitrogens with two attached hydrogens (primary N) is 2. The summed E-state index contributed by atoms with van der Waals surface area (Å²) in [5, 5.41) is 89.9. The Kier molecular flexibility index (Phi) is 48.5. The molecule has 0 aliphatic rings. The number of benzene rings is 5. The minimum Gasteiger partial charge on any atom is -0.478 e. The monoisotopic (exact) mass is 3020 g/mol. The second kappa shape index (κ2) is 49.0. The summed E-state index contributed by atoms with van der Waals surface area (Å²) in [5.74, 6) is -9.26. The van der Waals surface area contributed by atoms with Gasteiger partial charge in [0.25, 0.3) is 50.3 Å². The summed E-state index contributed by atoms with van der Waals surface area (Å²) < 4.78 is 13.8. The van der Waals surface area contributed by atoms with Crippen LogP contribution in [0.5, 0.6) is 0 Å². The average molecular weight is 3020 g/mol. The fraction of sp³-hybridized carbons (Fsp3) is 0.214. The molecule has 0 saturated carbocycles. The van der Waals surface area contributed by atoms with Crippen molar-refractivity contribution in [3.8, 4) is 0 Å². The Labute approximate surface area is 797 Å². The lowest BCUT2D eigenvalue weighted by atomic mass is 10.1. The number of anilines is 4. The first kappa shape index (κ1) is 105.